The molecule has 1 spiro atoms. The van der Waals surface area contributed by atoms with Gasteiger partial charge < -0.3 is 9.64 Å². The zero-order valence-electron chi connectivity index (χ0n) is 14.5. The predicted molar refractivity (Wildman–Crippen MR) is 95.6 cm³/mol. The molecule has 1 aliphatic heterocycles. The van der Waals surface area contributed by atoms with Gasteiger partial charge in [0, 0.05) is 53.8 Å². The maximum Gasteiger partial charge on any atom is 0.226 e. The normalized spacial score (nSPS) is 23.9. The number of hydrogen-bond acceptors (Lipinski definition) is 3. The van der Waals surface area contributed by atoms with E-state index < -0.39 is 0 Å². The van der Waals surface area contributed by atoms with E-state index in [1.807, 2.05) is 49.5 Å². The lowest BCUT2D eigenvalue weighted by atomic mass is 9.87. The van der Waals surface area contributed by atoms with Gasteiger partial charge in [-0.05, 0) is 38.0 Å². The number of carbonyl (C=O) groups is 1. The summed E-state index contributed by atoms with van der Waals surface area (Å²) >= 11 is 6.20. The number of ether oxygens (including phenoxy) is 1. The zero-order chi connectivity index (χ0) is 17.6. The maximum absolute atomic E-state index is 13.1. The third kappa shape index (κ3) is 2.80. The highest BCUT2D eigenvalue weighted by Crippen LogP contribution is 2.61. The molecular weight excluding hydrogens is 338 g/mol. The number of benzene rings is 1. The van der Waals surface area contributed by atoms with E-state index in [1.165, 1.54) is 0 Å². The first-order valence-electron chi connectivity index (χ1n) is 8.72. The number of aromatic nitrogens is 2. The van der Waals surface area contributed by atoms with Crippen molar-refractivity contribution in [2.75, 3.05) is 13.2 Å². The second-order valence-corrected chi connectivity index (χ2v) is 7.46. The van der Waals surface area contributed by atoms with Gasteiger partial charge in [0.25, 0.3) is 0 Å². The van der Waals surface area contributed by atoms with Crippen LogP contribution in [0.4, 0.5) is 0 Å². The van der Waals surface area contributed by atoms with Crippen LogP contribution in [-0.4, -0.2) is 33.7 Å². The zero-order valence-corrected chi connectivity index (χ0v) is 15.3. The Bertz CT molecular complexity index is 819. The lowest BCUT2D eigenvalue weighted by Gasteiger charge is -2.28. The molecule has 2 atom stereocenters. The summed E-state index contributed by atoms with van der Waals surface area (Å²) in [5.74, 6) is 1.12. The molecular formula is C19H22ClN3O2. The molecule has 132 valence electrons. The molecule has 0 bridgehead atoms. The van der Waals surface area contributed by atoms with E-state index in [4.69, 9.17) is 16.3 Å². The first-order chi connectivity index (χ1) is 12.0. The highest BCUT2D eigenvalue weighted by molar-refractivity contribution is 6.30. The average molecular weight is 360 g/mol. The SMILES string of the molecule is CCN(Cc1cnn(C)c1)C(=O)[C@@H]1C[C@]12CCOc1ccc(Cl)cc12. The molecule has 25 heavy (non-hydrogen) atoms. The molecule has 2 aromatic rings. The van der Waals surface area contributed by atoms with Crippen LogP contribution in [0.3, 0.4) is 0 Å². The first kappa shape index (κ1) is 16.5. The largest absolute Gasteiger partial charge is 0.493 e. The van der Waals surface area contributed by atoms with Crippen molar-refractivity contribution in [1.82, 2.24) is 14.7 Å². The van der Waals surface area contributed by atoms with Crippen LogP contribution in [0.5, 0.6) is 5.75 Å². The van der Waals surface area contributed by atoms with E-state index in [1.54, 1.807) is 4.68 Å². The average Bonchev–Trinajstić information content (AvgIpc) is 3.17. The lowest BCUT2D eigenvalue weighted by Crippen LogP contribution is -2.35. The fourth-order valence-electron chi connectivity index (χ4n) is 4.04. The Labute approximate surface area is 152 Å². The second kappa shape index (κ2) is 6.06. The highest BCUT2D eigenvalue weighted by atomic mass is 35.5. The Balaban J connectivity index is 1.56. The molecule has 1 fully saturated rings. The number of rotatable bonds is 4. The molecule has 0 saturated heterocycles. The van der Waals surface area contributed by atoms with Crippen LogP contribution in [0.15, 0.2) is 30.6 Å². The maximum atomic E-state index is 13.1. The van der Waals surface area contributed by atoms with Crippen molar-refractivity contribution in [1.29, 1.82) is 0 Å². The van der Waals surface area contributed by atoms with Crippen molar-refractivity contribution < 1.29 is 9.53 Å². The minimum absolute atomic E-state index is 0.0187. The van der Waals surface area contributed by atoms with Gasteiger partial charge in [-0.2, -0.15) is 5.10 Å². The number of amides is 1. The molecule has 0 N–H and O–H groups in total. The summed E-state index contributed by atoms with van der Waals surface area (Å²) in [7, 11) is 1.89. The van der Waals surface area contributed by atoms with Crippen LogP contribution in [0.25, 0.3) is 0 Å². The summed E-state index contributed by atoms with van der Waals surface area (Å²) in [5.41, 5.74) is 2.06. The van der Waals surface area contributed by atoms with Gasteiger partial charge in [0.1, 0.15) is 5.75 Å². The second-order valence-electron chi connectivity index (χ2n) is 7.03. The van der Waals surface area contributed by atoms with Crippen LogP contribution in [0, 0.1) is 5.92 Å². The van der Waals surface area contributed by atoms with Gasteiger partial charge in [-0.15, -0.1) is 0 Å². The molecule has 1 amide bonds. The Morgan fingerprint density at radius 3 is 3.08 bits per heavy atom. The number of fused-ring (bicyclic) bond motifs is 2. The van der Waals surface area contributed by atoms with Crippen molar-refractivity contribution in [3.63, 3.8) is 0 Å². The van der Waals surface area contributed by atoms with E-state index >= 15 is 0 Å². The fraction of sp³-hybridized carbons (Fsp3) is 0.474. The molecule has 1 aliphatic carbocycles. The monoisotopic (exact) mass is 359 g/mol. The summed E-state index contributed by atoms with van der Waals surface area (Å²) in [6, 6.07) is 5.74. The van der Waals surface area contributed by atoms with Crippen molar-refractivity contribution in [3.8, 4) is 5.75 Å². The van der Waals surface area contributed by atoms with Gasteiger partial charge >= 0.3 is 0 Å². The molecule has 2 heterocycles. The standard InChI is InChI=1S/C19H22ClN3O2/c1-3-23(12-13-10-21-22(2)11-13)18(24)16-9-19(16)6-7-25-17-5-4-14(20)8-15(17)19/h4-5,8,10-11,16H,3,6-7,9,12H2,1-2H3/t16-,19-/m0/s1. The van der Waals surface area contributed by atoms with E-state index in [0.29, 0.717) is 24.7 Å². The van der Waals surface area contributed by atoms with Crippen LogP contribution < -0.4 is 4.74 Å². The van der Waals surface area contributed by atoms with Crippen LogP contribution in [0.2, 0.25) is 5.02 Å². The van der Waals surface area contributed by atoms with Crippen molar-refractivity contribution in [3.05, 3.63) is 46.7 Å². The minimum atomic E-state index is -0.0993. The van der Waals surface area contributed by atoms with Gasteiger partial charge in [-0.1, -0.05) is 11.6 Å². The molecule has 0 unspecified atom stereocenters. The van der Waals surface area contributed by atoms with Gasteiger partial charge in [-0.25, -0.2) is 0 Å². The third-order valence-corrected chi connectivity index (χ3v) is 5.72. The third-order valence-electron chi connectivity index (χ3n) is 5.48. The number of nitrogens with zero attached hydrogens (tertiary/aromatic N) is 3. The smallest absolute Gasteiger partial charge is 0.226 e. The van der Waals surface area contributed by atoms with Crippen LogP contribution in [-0.2, 0) is 23.8 Å². The van der Waals surface area contributed by atoms with Crippen molar-refractivity contribution >= 4 is 17.5 Å². The van der Waals surface area contributed by atoms with Gasteiger partial charge in [0.15, 0.2) is 0 Å². The summed E-state index contributed by atoms with van der Waals surface area (Å²) in [5, 5.41) is 4.89. The predicted octanol–water partition coefficient (Wildman–Crippen LogP) is 3.16. The van der Waals surface area contributed by atoms with E-state index in [2.05, 4.69) is 5.10 Å². The van der Waals surface area contributed by atoms with Crippen molar-refractivity contribution in [2.24, 2.45) is 13.0 Å². The van der Waals surface area contributed by atoms with E-state index in [0.717, 1.165) is 29.7 Å². The molecule has 1 saturated carbocycles. The topological polar surface area (TPSA) is 47.4 Å². The van der Waals surface area contributed by atoms with Gasteiger partial charge in [-0.3, -0.25) is 9.48 Å². The fourth-order valence-corrected chi connectivity index (χ4v) is 4.21. The van der Waals surface area contributed by atoms with Gasteiger partial charge in [0.2, 0.25) is 5.91 Å². The molecule has 1 aromatic carbocycles. The molecule has 0 radical (unpaired) electrons. The molecule has 6 heteroatoms. The van der Waals surface area contributed by atoms with E-state index in [-0.39, 0.29) is 17.2 Å². The minimum Gasteiger partial charge on any atom is -0.493 e. The number of carbonyl (C=O) groups excluding carboxylic acids is 1. The quantitative estimate of drug-likeness (QED) is 0.842. The number of halogens is 1. The Hall–Kier alpha value is -2.01. The molecule has 5 nitrogen and oxygen atoms in total. The summed E-state index contributed by atoms with van der Waals surface area (Å²) < 4.78 is 7.54. The lowest BCUT2D eigenvalue weighted by molar-refractivity contribution is -0.133. The molecule has 4 rings (SSSR count). The molecule has 2 aliphatic rings. The summed E-state index contributed by atoms with van der Waals surface area (Å²) in [6.07, 6.45) is 5.54. The molecule has 1 aromatic heterocycles. The number of aryl methyl sites for hydroxylation is 1. The highest BCUT2D eigenvalue weighted by Gasteiger charge is 2.61. The van der Waals surface area contributed by atoms with Crippen LogP contribution >= 0.6 is 11.6 Å². The van der Waals surface area contributed by atoms with E-state index in [9.17, 15) is 4.79 Å². The summed E-state index contributed by atoms with van der Waals surface area (Å²) in [6.45, 7) is 3.99. The summed E-state index contributed by atoms with van der Waals surface area (Å²) in [4.78, 5) is 15.1. The Kier molecular flexibility index (Phi) is 3.99. The van der Waals surface area contributed by atoms with Gasteiger partial charge in [0.05, 0.1) is 12.8 Å². The van der Waals surface area contributed by atoms with Crippen molar-refractivity contribution in [2.45, 2.75) is 31.7 Å². The first-order valence-corrected chi connectivity index (χ1v) is 9.10. The Morgan fingerprint density at radius 1 is 1.52 bits per heavy atom. The van der Waals surface area contributed by atoms with Crippen LogP contribution in [0.1, 0.15) is 30.9 Å². The number of hydrogen-bond donors (Lipinski definition) is 0. The Morgan fingerprint density at radius 2 is 2.36 bits per heavy atom.